The van der Waals surface area contributed by atoms with Crippen molar-refractivity contribution in [3.05, 3.63) is 18.2 Å². The number of nitrogens with one attached hydrogen (secondary N) is 2. The highest BCUT2D eigenvalue weighted by atomic mass is 16.5. The maximum absolute atomic E-state index is 11.4. The minimum atomic E-state index is -0.0971. The molecule has 1 aromatic rings. The molecule has 0 spiro atoms. The number of rotatable bonds is 6. The fourth-order valence-corrected chi connectivity index (χ4v) is 1.39. The van der Waals surface area contributed by atoms with Gasteiger partial charge in [0.15, 0.2) is 11.5 Å². The van der Waals surface area contributed by atoms with Crippen molar-refractivity contribution in [3.63, 3.8) is 0 Å². The van der Waals surface area contributed by atoms with E-state index in [9.17, 15) is 4.79 Å². The van der Waals surface area contributed by atoms with Gasteiger partial charge in [-0.15, -0.1) is 0 Å². The number of methoxy groups -OCH3 is 1. The summed E-state index contributed by atoms with van der Waals surface area (Å²) < 4.78 is 10.6. The lowest BCUT2D eigenvalue weighted by atomic mass is 10.2. The van der Waals surface area contributed by atoms with Crippen molar-refractivity contribution in [2.75, 3.05) is 32.6 Å². The van der Waals surface area contributed by atoms with E-state index < -0.39 is 0 Å². The van der Waals surface area contributed by atoms with Crippen LogP contribution >= 0.6 is 0 Å². The van der Waals surface area contributed by atoms with Gasteiger partial charge in [0.05, 0.1) is 20.3 Å². The summed E-state index contributed by atoms with van der Waals surface area (Å²) in [7, 11) is 3.30. The summed E-state index contributed by atoms with van der Waals surface area (Å²) >= 11 is 0. The van der Waals surface area contributed by atoms with E-state index in [2.05, 4.69) is 10.6 Å². The van der Waals surface area contributed by atoms with E-state index in [1.807, 2.05) is 6.92 Å². The quantitative estimate of drug-likeness (QED) is 0.783. The van der Waals surface area contributed by atoms with E-state index in [0.717, 1.165) is 0 Å². The van der Waals surface area contributed by atoms with Crippen LogP contribution in [0.1, 0.15) is 6.92 Å². The molecule has 0 fully saturated rings. The Kier molecular flexibility index (Phi) is 5.29. The molecule has 0 heterocycles. The van der Waals surface area contributed by atoms with Crippen LogP contribution in [0.25, 0.3) is 0 Å². The number of likely N-dealkylation sites (N-methyl/N-ethyl adjacent to an activating group) is 1. The van der Waals surface area contributed by atoms with Gasteiger partial charge in [0.1, 0.15) is 0 Å². The Morgan fingerprint density at radius 2 is 2.12 bits per heavy atom. The zero-order chi connectivity index (χ0) is 12.7. The first-order chi connectivity index (χ1) is 8.21. The number of carbonyl (C=O) groups is 1. The summed E-state index contributed by atoms with van der Waals surface area (Å²) in [5.74, 6) is 1.18. The molecule has 1 aromatic carbocycles. The fraction of sp³-hybridized carbons (Fsp3) is 0.417. The minimum absolute atomic E-state index is 0.0971. The van der Waals surface area contributed by atoms with E-state index in [-0.39, 0.29) is 12.5 Å². The van der Waals surface area contributed by atoms with Crippen LogP contribution in [0, 0.1) is 0 Å². The fourth-order valence-electron chi connectivity index (χ4n) is 1.39. The first-order valence-corrected chi connectivity index (χ1v) is 5.46. The van der Waals surface area contributed by atoms with Crippen molar-refractivity contribution < 1.29 is 14.3 Å². The van der Waals surface area contributed by atoms with Crippen LogP contribution in [0.15, 0.2) is 18.2 Å². The number of carbonyl (C=O) groups excluding carboxylic acids is 1. The van der Waals surface area contributed by atoms with Crippen molar-refractivity contribution in [2.24, 2.45) is 0 Å². The number of amides is 1. The number of ether oxygens (including phenoxy) is 2. The van der Waals surface area contributed by atoms with Crippen LogP contribution in [0.5, 0.6) is 11.5 Å². The molecular weight excluding hydrogens is 220 g/mol. The van der Waals surface area contributed by atoms with Crippen LogP contribution in [0.4, 0.5) is 5.69 Å². The van der Waals surface area contributed by atoms with Crippen molar-refractivity contribution in [1.29, 1.82) is 0 Å². The summed E-state index contributed by atoms with van der Waals surface area (Å²) in [5.41, 5.74) is 0.689. The molecule has 5 heteroatoms. The molecule has 0 bridgehead atoms. The highest BCUT2D eigenvalue weighted by molar-refractivity contribution is 5.92. The predicted octanol–water partition coefficient (Wildman–Crippen LogP) is 1.25. The maximum Gasteiger partial charge on any atom is 0.238 e. The maximum atomic E-state index is 11.4. The Labute approximate surface area is 101 Å². The average Bonchev–Trinajstić information content (AvgIpc) is 2.30. The molecule has 0 aliphatic heterocycles. The molecule has 0 saturated carbocycles. The molecule has 0 saturated heterocycles. The third kappa shape index (κ3) is 3.96. The molecule has 5 nitrogen and oxygen atoms in total. The molecule has 2 N–H and O–H groups in total. The zero-order valence-corrected chi connectivity index (χ0v) is 10.4. The number of benzene rings is 1. The zero-order valence-electron chi connectivity index (χ0n) is 10.4. The van der Waals surface area contributed by atoms with Gasteiger partial charge in [-0.2, -0.15) is 0 Å². The Hall–Kier alpha value is -1.75. The molecule has 0 unspecified atom stereocenters. The number of hydrogen-bond donors (Lipinski definition) is 2. The van der Waals surface area contributed by atoms with Crippen molar-refractivity contribution >= 4 is 11.6 Å². The summed E-state index contributed by atoms with van der Waals surface area (Å²) in [6.45, 7) is 2.71. The van der Waals surface area contributed by atoms with Crippen LogP contribution in [0.2, 0.25) is 0 Å². The van der Waals surface area contributed by atoms with E-state index in [1.165, 1.54) is 0 Å². The van der Waals surface area contributed by atoms with Crippen LogP contribution in [-0.2, 0) is 4.79 Å². The first-order valence-electron chi connectivity index (χ1n) is 5.46. The Morgan fingerprint density at radius 3 is 2.71 bits per heavy atom. The number of anilines is 1. The lowest BCUT2D eigenvalue weighted by Gasteiger charge is -2.11. The van der Waals surface area contributed by atoms with Gasteiger partial charge in [-0.25, -0.2) is 0 Å². The second-order valence-corrected chi connectivity index (χ2v) is 3.38. The third-order valence-corrected chi connectivity index (χ3v) is 2.08. The normalized spacial score (nSPS) is 9.82. The third-order valence-electron chi connectivity index (χ3n) is 2.08. The van der Waals surface area contributed by atoms with Crippen molar-refractivity contribution in [1.82, 2.24) is 5.32 Å². The molecular formula is C12H18N2O3. The molecule has 1 amide bonds. The second-order valence-electron chi connectivity index (χ2n) is 3.38. The van der Waals surface area contributed by atoms with Crippen LogP contribution in [0.3, 0.4) is 0 Å². The highest BCUT2D eigenvalue weighted by Crippen LogP contribution is 2.30. The lowest BCUT2D eigenvalue weighted by molar-refractivity contribution is -0.115. The lowest BCUT2D eigenvalue weighted by Crippen LogP contribution is -2.25. The van der Waals surface area contributed by atoms with Gasteiger partial charge in [0.2, 0.25) is 5.91 Å². The van der Waals surface area contributed by atoms with Crippen molar-refractivity contribution in [3.8, 4) is 11.5 Å². The highest BCUT2D eigenvalue weighted by Gasteiger charge is 2.07. The van der Waals surface area contributed by atoms with Crippen LogP contribution in [-0.4, -0.2) is 33.2 Å². The van der Waals surface area contributed by atoms with E-state index in [4.69, 9.17) is 9.47 Å². The van der Waals surface area contributed by atoms with Gasteiger partial charge < -0.3 is 20.1 Å². The smallest absolute Gasteiger partial charge is 0.238 e. The first kappa shape index (κ1) is 13.3. The largest absolute Gasteiger partial charge is 0.493 e. The Morgan fingerprint density at radius 1 is 1.35 bits per heavy atom. The van der Waals surface area contributed by atoms with Gasteiger partial charge in [-0.1, -0.05) is 0 Å². The molecule has 1 rings (SSSR count). The van der Waals surface area contributed by atoms with Gasteiger partial charge in [0.25, 0.3) is 0 Å². The topological polar surface area (TPSA) is 59.6 Å². The standard InChI is InChI=1S/C12H18N2O3/c1-4-17-11-7-9(5-6-10(11)16-3)14-12(15)8-13-2/h5-7,13H,4,8H2,1-3H3,(H,14,15). The average molecular weight is 238 g/mol. The summed E-state index contributed by atoms with van der Waals surface area (Å²) in [4.78, 5) is 11.4. The Balaban J connectivity index is 2.80. The van der Waals surface area contributed by atoms with E-state index >= 15 is 0 Å². The molecule has 17 heavy (non-hydrogen) atoms. The summed E-state index contributed by atoms with van der Waals surface area (Å²) in [5, 5.41) is 5.54. The molecule has 0 atom stereocenters. The second kappa shape index (κ2) is 6.75. The number of hydrogen-bond acceptors (Lipinski definition) is 4. The van der Waals surface area contributed by atoms with Gasteiger partial charge in [-0.05, 0) is 26.1 Å². The Bertz CT molecular complexity index is 380. The molecule has 94 valence electrons. The summed E-state index contributed by atoms with van der Waals surface area (Å²) in [6.07, 6.45) is 0. The van der Waals surface area contributed by atoms with Crippen LogP contribution < -0.4 is 20.1 Å². The molecule has 0 aliphatic rings. The monoisotopic (exact) mass is 238 g/mol. The predicted molar refractivity (Wildman–Crippen MR) is 66.7 cm³/mol. The van der Waals surface area contributed by atoms with Gasteiger partial charge in [0, 0.05) is 11.8 Å². The van der Waals surface area contributed by atoms with E-state index in [1.54, 1.807) is 32.4 Å². The molecule has 0 aliphatic carbocycles. The minimum Gasteiger partial charge on any atom is -0.493 e. The van der Waals surface area contributed by atoms with Crippen molar-refractivity contribution in [2.45, 2.75) is 6.92 Å². The van der Waals surface area contributed by atoms with Gasteiger partial charge >= 0.3 is 0 Å². The SMILES string of the molecule is CCOc1cc(NC(=O)CNC)ccc1OC. The molecule has 0 aromatic heterocycles. The summed E-state index contributed by atoms with van der Waals surface area (Å²) in [6, 6.07) is 5.28. The van der Waals surface area contributed by atoms with Gasteiger partial charge in [-0.3, -0.25) is 4.79 Å². The molecule has 0 radical (unpaired) electrons. The van der Waals surface area contributed by atoms with E-state index in [0.29, 0.717) is 23.8 Å².